The van der Waals surface area contributed by atoms with Gasteiger partial charge in [0.25, 0.3) is 5.91 Å². The molecule has 2 aliphatic rings. The molecule has 11 nitrogen and oxygen atoms in total. The van der Waals surface area contributed by atoms with Gasteiger partial charge in [-0.25, -0.2) is 13.9 Å². The number of amides is 2. The number of carbonyl (C=O) groups excluding carboxylic acids is 2. The minimum atomic E-state index is -0.609. The monoisotopic (exact) mass is 559 g/mol. The maximum Gasteiger partial charge on any atom is 0.272 e. The summed E-state index contributed by atoms with van der Waals surface area (Å²) < 4.78 is 26.9. The van der Waals surface area contributed by atoms with Crippen LogP contribution in [-0.2, 0) is 9.53 Å². The van der Waals surface area contributed by atoms with Crippen LogP contribution in [0.15, 0.2) is 49.4 Å². The quantitative estimate of drug-likeness (QED) is 0.315. The summed E-state index contributed by atoms with van der Waals surface area (Å²) in [6.45, 7) is 6.74. The Morgan fingerprint density at radius 3 is 2.85 bits per heavy atom. The zero-order valence-electron chi connectivity index (χ0n) is 22.8. The first kappa shape index (κ1) is 26.5. The number of nitrogens with one attached hydrogen (secondary N) is 1. The van der Waals surface area contributed by atoms with Gasteiger partial charge in [-0.1, -0.05) is 6.58 Å². The van der Waals surface area contributed by atoms with Crippen LogP contribution in [0, 0.1) is 11.7 Å². The molecule has 0 bridgehead atoms. The van der Waals surface area contributed by atoms with Gasteiger partial charge in [0.1, 0.15) is 11.5 Å². The molecule has 1 saturated carbocycles. The number of methoxy groups -OCH3 is 1. The summed E-state index contributed by atoms with van der Waals surface area (Å²) in [5.74, 6) is -0.827. The molecule has 2 fully saturated rings. The smallest absolute Gasteiger partial charge is 0.272 e. The van der Waals surface area contributed by atoms with Crippen LogP contribution in [0.1, 0.15) is 53.7 Å². The van der Waals surface area contributed by atoms with Crippen LogP contribution in [0.3, 0.4) is 0 Å². The number of pyridine rings is 2. The normalized spacial score (nSPS) is 21.7. The Balaban J connectivity index is 1.31. The third-order valence-corrected chi connectivity index (χ3v) is 8.22. The number of carbonyl (C=O) groups is 2. The SMILES string of the molecule is C=C(OCC)c1ccc2c(C3CC34CC(C(N)=O)CCN4C(=O)c3cc(-c4cc(OC)ncc4F)n[nH]3)cnn2c1. The molecule has 5 heterocycles. The fourth-order valence-corrected chi connectivity index (χ4v) is 6.05. The molecular formula is C29H30FN7O4. The van der Waals surface area contributed by atoms with Crippen molar-refractivity contribution in [2.45, 2.75) is 37.6 Å². The van der Waals surface area contributed by atoms with Crippen LogP contribution in [0.25, 0.3) is 22.5 Å². The van der Waals surface area contributed by atoms with Crippen molar-refractivity contribution < 1.29 is 23.5 Å². The Labute approximate surface area is 235 Å². The first-order valence-electron chi connectivity index (χ1n) is 13.4. The van der Waals surface area contributed by atoms with Gasteiger partial charge >= 0.3 is 0 Å². The van der Waals surface area contributed by atoms with Crippen LogP contribution in [0.5, 0.6) is 5.88 Å². The molecule has 41 heavy (non-hydrogen) atoms. The molecule has 3 N–H and O–H groups in total. The largest absolute Gasteiger partial charge is 0.494 e. The van der Waals surface area contributed by atoms with Gasteiger partial charge in [-0.2, -0.15) is 10.2 Å². The van der Waals surface area contributed by atoms with Crippen LogP contribution in [0.4, 0.5) is 4.39 Å². The van der Waals surface area contributed by atoms with E-state index < -0.39 is 11.4 Å². The van der Waals surface area contributed by atoms with E-state index in [1.165, 1.54) is 19.2 Å². The first-order chi connectivity index (χ1) is 19.8. The number of nitrogens with two attached hydrogens (primary N) is 1. The molecule has 4 aromatic heterocycles. The second-order valence-corrected chi connectivity index (χ2v) is 10.5. The van der Waals surface area contributed by atoms with E-state index in [-0.39, 0.29) is 46.5 Å². The lowest BCUT2D eigenvalue weighted by atomic mass is 9.86. The summed E-state index contributed by atoms with van der Waals surface area (Å²) in [5, 5.41) is 11.5. The average molecular weight is 560 g/mol. The number of piperidine rings is 1. The third kappa shape index (κ3) is 4.48. The van der Waals surface area contributed by atoms with Gasteiger partial charge in [0.05, 0.1) is 42.9 Å². The van der Waals surface area contributed by atoms with Crippen molar-refractivity contribution >= 4 is 23.1 Å². The van der Waals surface area contributed by atoms with E-state index in [1.54, 1.807) is 4.52 Å². The zero-order chi connectivity index (χ0) is 28.9. The first-order valence-corrected chi connectivity index (χ1v) is 13.4. The minimum Gasteiger partial charge on any atom is -0.494 e. The average Bonchev–Trinajstić information content (AvgIpc) is 3.30. The highest BCUT2D eigenvalue weighted by molar-refractivity contribution is 5.95. The molecule has 0 aromatic carbocycles. The Morgan fingerprint density at radius 2 is 2.10 bits per heavy atom. The van der Waals surface area contributed by atoms with Crippen LogP contribution >= 0.6 is 0 Å². The fraction of sp³-hybridized carbons (Fsp3) is 0.345. The highest BCUT2D eigenvalue weighted by Crippen LogP contribution is 2.61. The van der Waals surface area contributed by atoms with E-state index in [0.717, 1.165) is 22.8 Å². The zero-order valence-corrected chi connectivity index (χ0v) is 22.8. The number of aromatic nitrogens is 5. The van der Waals surface area contributed by atoms with Crippen molar-refractivity contribution in [3.8, 4) is 17.1 Å². The van der Waals surface area contributed by atoms with Crippen LogP contribution in [-0.4, -0.2) is 67.3 Å². The molecule has 1 aliphatic carbocycles. The molecule has 6 rings (SSSR count). The molecule has 1 saturated heterocycles. The Bertz CT molecular complexity index is 1680. The Morgan fingerprint density at radius 1 is 1.27 bits per heavy atom. The molecule has 3 unspecified atom stereocenters. The molecule has 1 spiro atoms. The molecule has 2 amide bonds. The summed E-state index contributed by atoms with van der Waals surface area (Å²) in [5.41, 5.74) is 8.47. The molecule has 212 valence electrons. The van der Waals surface area contributed by atoms with Gasteiger partial charge in [0, 0.05) is 47.3 Å². The number of hydrogen-bond donors (Lipinski definition) is 2. The summed E-state index contributed by atoms with van der Waals surface area (Å²) in [6, 6.07) is 6.85. The van der Waals surface area contributed by atoms with Crippen molar-refractivity contribution in [1.29, 1.82) is 0 Å². The van der Waals surface area contributed by atoms with Crippen molar-refractivity contribution in [2.24, 2.45) is 11.7 Å². The standard InChI is InChI=1S/C29H30FN7O4/c1-4-41-16(2)18-5-6-25-20(13-33-37(25)15-18)21-12-29(21)11-17(27(31)38)7-8-36(29)28(39)24-10-23(34-35-24)19-9-26(40-3)32-14-22(19)30/h5-6,9-10,13-15,17,21H,2,4,7-8,11-12H2,1,3H3,(H2,31,38)(H,34,35). The predicted octanol–water partition coefficient (Wildman–Crippen LogP) is 3.54. The Hall–Kier alpha value is -4.74. The molecule has 0 radical (unpaired) electrons. The van der Waals surface area contributed by atoms with Gasteiger partial charge < -0.3 is 20.1 Å². The number of ether oxygens (including phenoxy) is 2. The fourth-order valence-electron chi connectivity index (χ4n) is 6.05. The summed E-state index contributed by atoms with van der Waals surface area (Å²) in [7, 11) is 1.44. The summed E-state index contributed by atoms with van der Waals surface area (Å²) in [6.07, 6.45) is 6.30. The second kappa shape index (κ2) is 10.0. The minimum absolute atomic E-state index is 0.0451. The number of hydrogen-bond acceptors (Lipinski definition) is 7. The number of fused-ring (bicyclic) bond motifs is 1. The number of nitrogens with zero attached hydrogens (tertiary/aromatic N) is 5. The van der Waals surface area contributed by atoms with E-state index in [2.05, 4.69) is 26.9 Å². The molecular weight excluding hydrogens is 529 g/mol. The Kier molecular flexibility index (Phi) is 6.47. The van der Waals surface area contributed by atoms with Crippen molar-refractivity contribution in [3.63, 3.8) is 0 Å². The number of H-pyrrole nitrogens is 1. The topological polar surface area (TPSA) is 141 Å². The third-order valence-electron chi connectivity index (χ3n) is 8.22. The lowest BCUT2D eigenvalue weighted by Gasteiger charge is -2.40. The second-order valence-electron chi connectivity index (χ2n) is 10.5. The number of primary amides is 1. The van der Waals surface area contributed by atoms with Crippen molar-refractivity contribution in [2.75, 3.05) is 20.3 Å². The maximum absolute atomic E-state index is 14.5. The highest BCUT2D eigenvalue weighted by Gasteiger charge is 2.63. The highest BCUT2D eigenvalue weighted by atomic mass is 19.1. The number of halogens is 1. The van der Waals surface area contributed by atoms with Gasteiger partial charge in [0.2, 0.25) is 11.8 Å². The van der Waals surface area contributed by atoms with E-state index in [1.807, 2.05) is 36.4 Å². The van der Waals surface area contributed by atoms with E-state index in [9.17, 15) is 14.0 Å². The number of likely N-dealkylation sites (tertiary alicyclic amines) is 1. The van der Waals surface area contributed by atoms with E-state index in [0.29, 0.717) is 38.2 Å². The van der Waals surface area contributed by atoms with Crippen molar-refractivity contribution in [1.82, 2.24) is 29.7 Å². The van der Waals surface area contributed by atoms with Crippen molar-refractivity contribution in [3.05, 3.63) is 72.1 Å². The lowest BCUT2D eigenvalue weighted by Crippen LogP contribution is -2.51. The predicted molar refractivity (Wildman–Crippen MR) is 147 cm³/mol. The summed E-state index contributed by atoms with van der Waals surface area (Å²) in [4.78, 5) is 31.8. The number of rotatable bonds is 8. The van der Waals surface area contributed by atoms with Crippen LogP contribution in [0.2, 0.25) is 0 Å². The maximum atomic E-state index is 14.5. The van der Waals surface area contributed by atoms with Gasteiger partial charge in [-0.15, -0.1) is 0 Å². The number of aromatic amines is 1. The van der Waals surface area contributed by atoms with E-state index >= 15 is 0 Å². The molecule has 4 aromatic rings. The van der Waals surface area contributed by atoms with E-state index in [4.69, 9.17) is 15.2 Å². The van der Waals surface area contributed by atoms with Crippen LogP contribution < -0.4 is 10.5 Å². The van der Waals surface area contributed by atoms with Gasteiger partial charge in [0.15, 0.2) is 5.82 Å². The molecule has 1 aliphatic heterocycles. The lowest BCUT2D eigenvalue weighted by molar-refractivity contribution is -0.124. The van der Waals surface area contributed by atoms with Gasteiger partial charge in [-0.3, -0.25) is 14.7 Å². The van der Waals surface area contributed by atoms with Gasteiger partial charge in [-0.05, 0) is 44.4 Å². The molecule has 12 heteroatoms. The summed E-state index contributed by atoms with van der Waals surface area (Å²) >= 11 is 0. The molecule has 3 atom stereocenters.